The molecule has 0 spiro atoms. The average Bonchev–Trinajstić information content (AvgIpc) is 1.82. The molecule has 0 amide bonds. The number of nitrogens with zero attached hydrogens (tertiary/aromatic N) is 1. The quantitative estimate of drug-likeness (QED) is 0.450. The maximum absolute atomic E-state index is 11.2. The third-order valence-corrected chi connectivity index (χ3v) is 0.685. The van der Waals surface area contributed by atoms with Gasteiger partial charge in [0, 0.05) is 0 Å². The zero-order chi connectivity index (χ0) is 10.4. The van der Waals surface area contributed by atoms with E-state index in [1.54, 1.807) is 0 Å². The first-order valence-electron chi connectivity index (χ1n) is 2.72. The Balaban J connectivity index is 0. The highest BCUT2D eigenvalue weighted by molar-refractivity contribution is 6.30. The molecule has 0 heterocycles. The van der Waals surface area contributed by atoms with Gasteiger partial charge in [-0.05, 0) is 6.92 Å². The van der Waals surface area contributed by atoms with Gasteiger partial charge >= 0.3 is 13.5 Å². The van der Waals surface area contributed by atoms with Gasteiger partial charge in [-0.25, -0.2) is 0 Å². The fourth-order valence-corrected chi connectivity index (χ4v) is 0.0732. The van der Waals surface area contributed by atoms with E-state index in [1.165, 1.54) is 0 Å². The molecule has 0 saturated heterocycles. The Morgan fingerprint density at radius 2 is 1.58 bits per heavy atom. The molecule has 0 aliphatic carbocycles. The summed E-state index contributed by atoms with van der Waals surface area (Å²) < 4.78 is 33.7. The number of rotatable bonds is 0. The van der Waals surface area contributed by atoms with E-state index < -0.39 is 19.4 Å². The van der Waals surface area contributed by atoms with Gasteiger partial charge in [0.05, 0.1) is 6.07 Å². The molecule has 0 aromatic heterocycles. The van der Waals surface area contributed by atoms with Gasteiger partial charge < -0.3 is 15.1 Å². The van der Waals surface area contributed by atoms with Gasteiger partial charge in [-0.3, -0.25) is 0 Å². The van der Waals surface area contributed by atoms with Gasteiger partial charge in [0.25, 0.3) is 0 Å². The summed E-state index contributed by atoms with van der Waals surface area (Å²) >= 11 is 0. The van der Waals surface area contributed by atoms with E-state index in [9.17, 15) is 13.2 Å². The van der Waals surface area contributed by atoms with Crippen LogP contribution < -0.4 is 0 Å². The minimum Gasteiger partial charge on any atom is -0.402 e. The van der Waals surface area contributed by atoms with Crippen LogP contribution in [0.4, 0.5) is 13.2 Å². The van der Waals surface area contributed by atoms with Gasteiger partial charge in [-0.15, -0.1) is 0 Å². The molecular weight excluding hydrogens is 178 g/mol. The minimum atomic E-state index is -4.35. The van der Waals surface area contributed by atoms with Crippen LogP contribution in [-0.2, 0) is 0 Å². The van der Waals surface area contributed by atoms with Gasteiger partial charge in [0.2, 0.25) is 0 Å². The number of hydrogen-bond donors (Lipinski definition) is 3. The second kappa shape index (κ2) is 5.82. The smallest absolute Gasteiger partial charge is 0.402 e. The van der Waals surface area contributed by atoms with Crippen molar-refractivity contribution in [3.8, 4) is 6.07 Å². The molecule has 0 aromatic rings. The lowest BCUT2D eigenvalue weighted by Gasteiger charge is -2.05. The molecule has 0 aromatic carbocycles. The van der Waals surface area contributed by atoms with Crippen molar-refractivity contribution < 1.29 is 28.2 Å². The van der Waals surface area contributed by atoms with Crippen molar-refractivity contribution >= 4 is 7.32 Å². The molecule has 4 nitrogen and oxygen atoms in total. The van der Waals surface area contributed by atoms with Crippen LogP contribution in [0.15, 0.2) is 0 Å². The summed E-state index contributed by atoms with van der Waals surface area (Å²) in [6.07, 6.45) is -4.35. The van der Waals surface area contributed by atoms with Crippen molar-refractivity contribution in [1.82, 2.24) is 0 Å². The standard InChI is InChI=1S/C4H4F3N.BH3O3/c1-3(2-8)4(5,6)7;2-1(3)4/h3H,1H3;2-4H. The van der Waals surface area contributed by atoms with Crippen molar-refractivity contribution in [2.24, 2.45) is 5.92 Å². The van der Waals surface area contributed by atoms with Gasteiger partial charge in [-0.1, -0.05) is 0 Å². The highest BCUT2D eigenvalue weighted by Gasteiger charge is 2.35. The highest BCUT2D eigenvalue weighted by Crippen LogP contribution is 2.24. The van der Waals surface area contributed by atoms with Crippen molar-refractivity contribution in [3.63, 3.8) is 0 Å². The topological polar surface area (TPSA) is 84.5 Å². The van der Waals surface area contributed by atoms with Crippen LogP contribution in [0.3, 0.4) is 0 Å². The molecule has 1 atom stereocenters. The molecule has 0 radical (unpaired) electrons. The molecule has 0 aliphatic rings. The molecule has 0 saturated carbocycles. The summed E-state index contributed by atoms with van der Waals surface area (Å²) in [7, 11) is -2.17. The second-order valence-electron chi connectivity index (χ2n) is 1.74. The van der Waals surface area contributed by atoms with Crippen LogP contribution in [0.25, 0.3) is 0 Å². The van der Waals surface area contributed by atoms with E-state index in [0.29, 0.717) is 0 Å². The minimum absolute atomic E-state index is 0.819. The first-order valence-corrected chi connectivity index (χ1v) is 2.72. The molecule has 0 bridgehead atoms. The fourth-order valence-electron chi connectivity index (χ4n) is 0.0732. The van der Waals surface area contributed by atoms with Gasteiger partial charge in [0.1, 0.15) is 5.92 Å². The summed E-state index contributed by atoms with van der Waals surface area (Å²) in [5, 5.41) is 29.2. The molecule has 1 unspecified atom stereocenters. The van der Waals surface area contributed by atoms with Crippen LogP contribution in [-0.4, -0.2) is 28.6 Å². The average molecular weight is 185 g/mol. The van der Waals surface area contributed by atoms with E-state index in [2.05, 4.69) is 0 Å². The first kappa shape index (κ1) is 13.8. The fraction of sp³-hybridized carbons (Fsp3) is 0.750. The molecule has 8 heteroatoms. The molecular formula is C4H7BF3NO3. The van der Waals surface area contributed by atoms with Crippen molar-refractivity contribution in [1.29, 1.82) is 5.26 Å². The van der Waals surface area contributed by atoms with Crippen LogP contribution in [0, 0.1) is 17.2 Å². The number of nitriles is 1. The third kappa shape index (κ3) is 12.0. The van der Waals surface area contributed by atoms with Gasteiger partial charge in [-0.2, -0.15) is 18.4 Å². The Labute approximate surface area is 67.0 Å². The molecule has 0 fully saturated rings. The molecule has 0 aliphatic heterocycles. The van der Waals surface area contributed by atoms with E-state index in [4.69, 9.17) is 20.3 Å². The predicted molar refractivity (Wildman–Crippen MR) is 33.2 cm³/mol. The number of alkyl halides is 3. The maximum atomic E-state index is 11.2. The monoisotopic (exact) mass is 185 g/mol. The van der Waals surface area contributed by atoms with E-state index in [-0.39, 0.29) is 0 Å². The molecule has 12 heavy (non-hydrogen) atoms. The Morgan fingerprint density at radius 3 is 1.58 bits per heavy atom. The van der Waals surface area contributed by atoms with Crippen molar-refractivity contribution in [2.75, 3.05) is 0 Å². The van der Waals surface area contributed by atoms with Crippen molar-refractivity contribution in [3.05, 3.63) is 0 Å². The first-order chi connectivity index (χ1) is 5.21. The zero-order valence-electron chi connectivity index (χ0n) is 6.08. The largest absolute Gasteiger partial charge is 0.631 e. The lowest BCUT2D eigenvalue weighted by molar-refractivity contribution is -0.154. The van der Waals surface area contributed by atoms with Crippen LogP contribution in [0.5, 0.6) is 0 Å². The Kier molecular flexibility index (Phi) is 6.69. The Morgan fingerprint density at radius 1 is 1.33 bits per heavy atom. The Bertz CT molecular complexity index is 152. The summed E-state index contributed by atoms with van der Waals surface area (Å²) in [6, 6.07) is 1.08. The number of halogens is 3. The van der Waals surface area contributed by atoms with E-state index in [1.807, 2.05) is 0 Å². The maximum Gasteiger partial charge on any atom is 0.631 e. The van der Waals surface area contributed by atoms with Crippen molar-refractivity contribution in [2.45, 2.75) is 13.1 Å². The molecule has 0 rings (SSSR count). The Hall–Kier alpha value is -0.775. The normalized spacial score (nSPS) is 12.2. The SMILES string of the molecule is CC(C#N)C(F)(F)F.OB(O)O. The van der Waals surface area contributed by atoms with Crippen LogP contribution in [0.2, 0.25) is 0 Å². The molecule has 70 valence electrons. The zero-order valence-corrected chi connectivity index (χ0v) is 6.08. The summed E-state index contributed by atoms with van der Waals surface area (Å²) in [5.74, 6) is -1.84. The summed E-state index contributed by atoms with van der Waals surface area (Å²) in [6.45, 7) is 0.819. The lowest BCUT2D eigenvalue weighted by Crippen LogP contribution is -2.17. The molecule has 3 N–H and O–H groups in total. The van der Waals surface area contributed by atoms with Crippen LogP contribution in [0.1, 0.15) is 6.92 Å². The second-order valence-corrected chi connectivity index (χ2v) is 1.74. The summed E-state index contributed by atoms with van der Waals surface area (Å²) in [4.78, 5) is 0. The highest BCUT2D eigenvalue weighted by atomic mass is 19.4. The number of hydrogen-bond acceptors (Lipinski definition) is 4. The van der Waals surface area contributed by atoms with E-state index >= 15 is 0 Å². The summed E-state index contributed by atoms with van der Waals surface area (Å²) in [5.41, 5.74) is 0. The van der Waals surface area contributed by atoms with E-state index in [0.717, 1.165) is 13.0 Å². The third-order valence-electron chi connectivity index (χ3n) is 0.685. The van der Waals surface area contributed by atoms with Gasteiger partial charge in [0.15, 0.2) is 0 Å². The lowest BCUT2D eigenvalue weighted by atomic mass is 10.2. The van der Waals surface area contributed by atoms with Crippen LogP contribution >= 0.6 is 0 Å². The predicted octanol–water partition coefficient (Wildman–Crippen LogP) is -0.343.